The number of aromatic nitrogens is 1. The van der Waals surface area contributed by atoms with Crippen LogP contribution in [0.25, 0.3) is 0 Å². The summed E-state index contributed by atoms with van der Waals surface area (Å²) in [6, 6.07) is 0.606. The van der Waals surface area contributed by atoms with Crippen LogP contribution in [0.15, 0.2) is 0 Å². The van der Waals surface area contributed by atoms with Crippen LogP contribution in [0, 0.1) is 19.3 Å². The molecule has 1 unspecified atom stereocenters. The molecule has 1 aromatic heterocycles. The van der Waals surface area contributed by atoms with Gasteiger partial charge in [0.1, 0.15) is 0 Å². The molecule has 1 aliphatic carbocycles. The second kappa shape index (κ2) is 6.36. The highest BCUT2D eigenvalue weighted by molar-refractivity contribution is 7.11. The fourth-order valence-electron chi connectivity index (χ4n) is 3.58. The van der Waals surface area contributed by atoms with Crippen molar-refractivity contribution in [2.45, 2.75) is 72.3 Å². The van der Waals surface area contributed by atoms with Crippen molar-refractivity contribution in [3.05, 3.63) is 15.6 Å². The topological polar surface area (TPSA) is 24.9 Å². The van der Waals surface area contributed by atoms with Crippen molar-refractivity contribution in [3.63, 3.8) is 0 Å². The fraction of sp³-hybridized carbons (Fsp3) is 0.812. The first kappa shape index (κ1) is 15.0. The Morgan fingerprint density at radius 1 is 1.26 bits per heavy atom. The standard InChI is InChI=1S/C16H28N2S/c1-5-16(9-7-8-10-16)14(17-6-2)11-15-18-12(3)13(4)19-15/h14,17H,5-11H2,1-4H3. The summed E-state index contributed by atoms with van der Waals surface area (Å²) in [6.45, 7) is 9.97. The Kier molecular flexibility index (Phi) is 5.02. The van der Waals surface area contributed by atoms with Gasteiger partial charge in [-0.1, -0.05) is 26.7 Å². The lowest BCUT2D eigenvalue weighted by atomic mass is 9.75. The Hall–Kier alpha value is -0.410. The zero-order valence-corrected chi connectivity index (χ0v) is 13.7. The summed E-state index contributed by atoms with van der Waals surface area (Å²) in [5, 5.41) is 5.08. The summed E-state index contributed by atoms with van der Waals surface area (Å²) in [4.78, 5) is 6.12. The number of likely N-dealkylation sites (N-methyl/N-ethyl adjacent to an activating group) is 1. The van der Waals surface area contributed by atoms with Crippen LogP contribution in [0.5, 0.6) is 0 Å². The third kappa shape index (κ3) is 3.19. The van der Waals surface area contributed by atoms with Gasteiger partial charge in [-0.25, -0.2) is 4.98 Å². The van der Waals surface area contributed by atoms with Gasteiger partial charge in [0.2, 0.25) is 0 Å². The van der Waals surface area contributed by atoms with E-state index in [0.717, 1.165) is 13.0 Å². The van der Waals surface area contributed by atoms with Crippen molar-refractivity contribution < 1.29 is 0 Å². The second-order valence-electron chi connectivity index (χ2n) is 5.99. The molecule has 3 heteroatoms. The van der Waals surface area contributed by atoms with Crippen LogP contribution in [0.2, 0.25) is 0 Å². The highest BCUT2D eigenvalue weighted by Gasteiger charge is 2.39. The van der Waals surface area contributed by atoms with E-state index in [-0.39, 0.29) is 0 Å². The van der Waals surface area contributed by atoms with Crippen LogP contribution < -0.4 is 5.32 Å². The molecule has 0 radical (unpaired) electrons. The van der Waals surface area contributed by atoms with E-state index in [1.54, 1.807) is 0 Å². The smallest absolute Gasteiger partial charge is 0.0946 e. The van der Waals surface area contributed by atoms with Crippen LogP contribution >= 0.6 is 11.3 Å². The predicted octanol–water partition coefficient (Wildman–Crippen LogP) is 4.25. The Morgan fingerprint density at radius 2 is 1.95 bits per heavy atom. The Morgan fingerprint density at radius 3 is 2.42 bits per heavy atom. The van der Waals surface area contributed by atoms with E-state index in [1.807, 2.05) is 11.3 Å². The summed E-state index contributed by atoms with van der Waals surface area (Å²) < 4.78 is 0. The Balaban J connectivity index is 2.15. The molecule has 1 heterocycles. The molecule has 2 nitrogen and oxygen atoms in total. The fourth-order valence-corrected chi connectivity index (χ4v) is 4.56. The number of hydrogen-bond donors (Lipinski definition) is 1. The van der Waals surface area contributed by atoms with Crippen molar-refractivity contribution in [2.24, 2.45) is 5.41 Å². The molecule has 1 atom stereocenters. The first-order chi connectivity index (χ1) is 9.11. The average Bonchev–Trinajstić information content (AvgIpc) is 2.98. The molecule has 2 rings (SSSR count). The summed E-state index contributed by atoms with van der Waals surface area (Å²) in [5.74, 6) is 0. The maximum atomic E-state index is 4.75. The van der Waals surface area contributed by atoms with Crippen LogP contribution in [0.4, 0.5) is 0 Å². The molecule has 0 spiro atoms. The molecule has 0 saturated heterocycles. The summed E-state index contributed by atoms with van der Waals surface area (Å²) in [7, 11) is 0. The maximum absolute atomic E-state index is 4.75. The lowest BCUT2D eigenvalue weighted by molar-refractivity contribution is 0.186. The maximum Gasteiger partial charge on any atom is 0.0946 e. The minimum absolute atomic E-state index is 0.517. The first-order valence-electron chi connectivity index (χ1n) is 7.77. The largest absolute Gasteiger partial charge is 0.313 e. The van der Waals surface area contributed by atoms with Crippen molar-refractivity contribution in [3.8, 4) is 0 Å². The number of hydrogen-bond acceptors (Lipinski definition) is 3. The lowest BCUT2D eigenvalue weighted by Crippen LogP contribution is -2.45. The predicted molar refractivity (Wildman–Crippen MR) is 83.9 cm³/mol. The van der Waals surface area contributed by atoms with E-state index in [1.165, 1.54) is 47.7 Å². The van der Waals surface area contributed by atoms with Crippen molar-refractivity contribution in [2.75, 3.05) is 6.54 Å². The molecule has 1 N–H and O–H groups in total. The minimum atomic E-state index is 0.517. The van der Waals surface area contributed by atoms with Gasteiger partial charge in [0.25, 0.3) is 0 Å². The van der Waals surface area contributed by atoms with Crippen LogP contribution in [0.1, 0.15) is 61.5 Å². The third-order valence-corrected chi connectivity index (χ3v) is 6.04. The molecule has 0 aromatic carbocycles. The number of rotatable bonds is 6. The van der Waals surface area contributed by atoms with Crippen LogP contribution in [-0.2, 0) is 6.42 Å². The summed E-state index contributed by atoms with van der Waals surface area (Å²) >= 11 is 1.89. The number of thiazole rings is 1. The van der Waals surface area contributed by atoms with E-state index in [9.17, 15) is 0 Å². The molecule has 1 aliphatic rings. The monoisotopic (exact) mass is 280 g/mol. The van der Waals surface area contributed by atoms with Gasteiger partial charge < -0.3 is 5.32 Å². The molecule has 0 aliphatic heterocycles. The molecule has 1 saturated carbocycles. The minimum Gasteiger partial charge on any atom is -0.313 e. The number of nitrogens with one attached hydrogen (secondary N) is 1. The van der Waals surface area contributed by atoms with Crippen LogP contribution in [0.3, 0.4) is 0 Å². The van der Waals surface area contributed by atoms with E-state index >= 15 is 0 Å². The van der Waals surface area contributed by atoms with Gasteiger partial charge in [-0.15, -0.1) is 11.3 Å². The molecule has 108 valence electrons. The molecular formula is C16H28N2S. The lowest BCUT2D eigenvalue weighted by Gasteiger charge is -2.37. The number of nitrogens with zero attached hydrogens (tertiary/aromatic N) is 1. The van der Waals surface area contributed by atoms with E-state index in [0.29, 0.717) is 11.5 Å². The van der Waals surface area contributed by atoms with Gasteiger partial charge in [-0.05, 0) is 45.1 Å². The highest BCUT2D eigenvalue weighted by Crippen LogP contribution is 2.45. The van der Waals surface area contributed by atoms with Gasteiger partial charge in [-0.2, -0.15) is 0 Å². The molecule has 1 aromatic rings. The Labute approximate surface area is 122 Å². The van der Waals surface area contributed by atoms with E-state index < -0.39 is 0 Å². The van der Waals surface area contributed by atoms with Gasteiger partial charge in [-0.3, -0.25) is 0 Å². The highest BCUT2D eigenvalue weighted by atomic mass is 32.1. The number of aryl methyl sites for hydroxylation is 2. The van der Waals surface area contributed by atoms with Gasteiger partial charge in [0.05, 0.1) is 10.7 Å². The second-order valence-corrected chi connectivity index (χ2v) is 7.27. The van der Waals surface area contributed by atoms with Gasteiger partial charge in [0, 0.05) is 17.3 Å². The van der Waals surface area contributed by atoms with Crippen LogP contribution in [-0.4, -0.2) is 17.6 Å². The molecular weight excluding hydrogens is 252 g/mol. The molecule has 0 bridgehead atoms. The third-order valence-electron chi connectivity index (χ3n) is 4.94. The van der Waals surface area contributed by atoms with E-state index in [4.69, 9.17) is 4.98 Å². The average molecular weight is 280 g/mol. The first-order valence-corrected chi connectivity index (χ1v) is 8.59. The molecule has 19 heavy (non-hydrogen) atoms. The molecule has 1 fully saturated rings. The van der Waals surface area contributed by atoms with Crippen molar-refractivity contribution >= 4 is 11.3 Å². The summed E-state index contributed by atoms with van der Waals surface area (Å²) in [5.41, 5.74) is 1.73. The normalized spacial score (nSPS) is 19.8. The van der Waals surface area contributed by atoms with Gasteiger partial charge in [0.15, 0.2) is 0 Å². The molecule has 0 amide bonds. The zero-order valence-electron chi connectivity index (χ0n) is 12.9. The SMILES string of the molecule is CCNC(Cc1nc(C)c(C)s1)C1(CC)CCCC1. The summed E-state index contributed by atoms with van der Waals surface area (Å²) in [6.07, 6.45) is 8.02. The van der Waals surface area contributed by atoms with Crippen molar-refractivity contribution in [1.29, 1.82) is 0 Å². The van der Waals surface area contributed by atoms with Crippen molar-refractivity contribution in [1.82, 2.24) is 10.3 Å². The van der Waals surface area contributed by atoms with E-state index in [2.05, 4.69) is 33.0 Å². The zero-order chi connectivity index (χ0) is 13.9. The quantitative estimate of drug-likeness (QED) is 0.842. The Bertz CT molecular complexity index is 385. The van der Waals surface area contributed by atoms with Gasteiger partial charge >= 0.3 is 0 Å².